The van der Waals surface area contributed by atoms with Crippen molar-refractivity contribution < 1.29 is 0 Å². The van der Waals surface area contributed by atoms with E-state index >= 15 is 0 Å². The highest BCUT2D eigenvalue weighted by Gasteiger charge is 2.34. The fourth-order valence-corrected chi connectivity index (χ4v) is 2.43. The minimum absolute atomic E-state index is 0.0824. The smallest absolute Gasteiger partial charge is 0.0283 e. The van der Waals surface area contributed by atoms with Crippen molar-refractivity contribution in [3.8, 4) is 0 Å². The zero-order valence-electron chi connectivity index (χ0n) is 11.0. The maximum Gasteiger partial charge on any atom is 0.0283 e. The molecule has 0 saturated heterocycles. The van der Waals surface area contributed by atoms with Crippen LogP contribution in [0.25, 0.3) is 0 Å². The van der Waals surface area contributed by atoms with Crippen molar-refractivity contribution >= 4 is 0 Å². The van der Waals surface area contributed by atoms with Crippen LogP contribution in [0.15, 0.2) is 30.3 Å². The van der Waals surface area contributed by atoms with Crippen molar-refractivity contribution in [3.05, 3.63) is 35.9 Å². The summed E-state index contributed by atoms with van der Waals surface area (Å²) in [5, 5.41) is 0. The van der Waals surface area contributed by atoms with E-state index in [-0.39, 0.29) is 5.54 Å². The fourth-order valence-electron chi connectivity index (χ4n) is 2.43. The number of nitrogens with zero attached hydrogens (tertiary/aromatic N) is 1. The third kappa shape index (κ3) is 3.30. The van der Waals surface area contributed by atoms with Gasteiger partial charge in [-0.15, -0.1) is 0 Å². The SMILES string of the molecule is CC(C)N(Cc1ccccc1)CC1(N)CCC1. The standard InChI is InChI=1S/C15H24N2/c1-13(2)17(12-15(16)9-6-10-15)11-14-7-4-3-5-8-14/h3-5,7-8,13H,6,9-12,16H2,1-2H3. The first kappa shape index (κ1) is 12.6. The van der Waals surface area contributed by atoms with Crippen LogP contribution in [0.5, 0.6) is 0 Å². The molecule has 2 N–H and O–H groups in total. The Labute approximate surface area is 105 Å². The van der Waals surface area contributed by atoms with E-state index < -0.39 is 0 Å². The Morgan fingerprint density at radius 2 is 1.88 bits per heavy atom. The molecule has 0 atom stereocenters. The lowest BCUT2D eigenvalue weighted by atomic mass is 9.77. The second-order valence-electron chi connectivity index (χ2n) is 5.70. The molecule has 0 amide bonds. The molecule has 2 nitrogen and oxygen atoms in total. The van der Waals surface area contributed by atoms with Crippen LogP contribution in [0, 0.1) is 0 Å². The Kier molecular flexibility index (Phi) is 3.85. The first-order chi connectivity index (χ1) is 8.09. The van der Waals surface area contributed by atoms with E-state index in [1.807, 2.05) is 0 Å². The summed E-state index contributed by atoms with van der Waals surface area (Å²) in [7, 11) is 0. The normalized spacial score (nSPS) is 18.4. The Bertz CT molecular complexity index is 341. The zero-order chi connectivity index (χ0) is 12.3. The molecule has 0 bridgehead atoms. The highest BCUT2D eigenvalue weighted by Crippen LogP contribution is 2.30. The van der Waals surface area contributed by atoms with Gasteiger partial charge in [0.15, 0.2) is 0 Å². The third-order valence-electron chi connectivity index (χ3n) is 3.83. The number of hydrogen-bond donors (Lipinski definition) is 1. The molecule has 1 saturated carbocycles. The minimum atomic E-state index is 0.0824. The molecule has 1 aliphatic rings. The van der Waals surface area contributed by atoms with Gasteiger partial charge < -0.3 is 5.73 Å². The summed E-state index contributed by atoms with van der Waals surface area (Å²) in [4.78, 5) is 2.49. The summed E-state index contributed by atoms with van der Waals surface area (Å²) in [5.74, 6) is 0. The average Bonchev–Trinajstić information content (AvgIpc) is 2.27. The summed E-state index contributed by atoms with van der Waals surface area (Å²) in [5.41, 5.74) is 7.81. The predicted octanol–water partition coefficient (Wildman–Crippen LogP) is 2.78. The van der Waals surface area contributed by atoms with Gasteiger partial charge in [0.1, 0.15) is 0 Å². The molecule has 17 heavy (non-hydrogen) atoms. The Hall–Kier alpha value is -0.860. The van der Waals surface area contributed by atoms with Crippen molar-refractivity contribution in [1.82, 2.24) is 4.90 Å². The van der Waals surface area contributed by atoms with Crippen molar-refractivity contribution in [2.75, 3.05) is 6.54 Å². The summed E-state index contributed by atoms with van der Waals surface area (Å²) >= 11 is 0. The van der Waals surface area contributed by atoms with E-state index in [9.17, 15) is 0 Å². The molecule has 1 aromatic carbocycles. The second-order valence-corrected chi connectivity index (χ2v) is 5.70. The molecule has 0 radical (unpaired) electrons. The summed E-state index contributed by atoms with van der Waals surface area (Å²) in [6.07, 6.45) is 3.67. The van der Waals surface area contributed by atoms with Crippen LogP contribution in [-0.4, -0.2) is 23.0 Å². The predicted molar refractivity (Wildman–Crippen MR) is 72.8 cm³/mol. The molecule has 2 rings (SSSR count). The van der Waals surface area contributed by atoms with E-state index in [1.165, 1.54) is 24.8 Å². The second kappa shape index (κ2) is 5.19. The maximum atomic E-state index is 6.35. The molecule has 1 aliphatic carbocycles. The maximum absolute atomic E-state index is 6.35. The van der Waals surface area contributed by atoms with Crippen molar-refractivity contribution in [1.29, 1.82) is 0 Å². The zero-order valence-corrected chi connectivity index (χ0v) is 11.0. The molecule has 0 unspecified atom stereocenters. The van der Waals surface area contributed by atoms with Crippen LogP contribution < -0.4 is 5.73 Å². The summed E-state index contributed by atoms with van der Waals surface area (Å²) in [6.45, 7) is 6.55. The van der Waals surface area contributed by atoms with Gasteiger partial charge >= 0.3 is 0 Å². The van der Waals surface area contributed by atoms with Crippen molar-refractivity contribution in [3.63, 3.8) is 0 Å². The average molecular weight is 232 g/mol. The van der Waals surface area contributed by atoms with E-state index in [2.05, 4.69) is 49.1 Å². The highest BCUT2D eigenvalue weighted by atomic mass is 15.2. The van der Waals surface area contributed by atoms with Gasteiger partial charge in [-0.05, 0) is 38.7 Å². The highest BCUT2D eigenvalue weighted by molar-refractivity contribution is 5.14. The van der Waals surface area contributed by atoms with Crippen LogP contribution in [-0.2, 0) is 6.54 Å². The molecule has 0 aromatic heterocycles. The summed E-state index contributed by atoms with van der Waals surface area (Å²) < 4.78 is 0. The van der Waals surface area contributed by atoms with Crippen LogP contribution in [0.2, 0.25) is 0 Å². The van der Waals surface area contributed by atoms with Crippen LogP contribution >= 0.6 is 0 Å². The van der Waals surface area contributed by atoms with E-state index in [4.69, 9.17) is 5.73 Å². The van der Waals surface area contributed by atoms with Gasteiger partial charge in [0.25, 0.3) is 0 Å². The van der Waals surface area contributed by atoms with Gasteiger partial charge in [-0.2, -0.15) is 0 Å². The lowest BCUT2D eigenvalue weighted by Gasteiger charge is -2.43. The molecule has 1 aromatic rings. The van der Waals surface area contributed by atoms with Crippen LogP contribution in [0.3, 0.4) is 0 Å². The van der Waals surface area contributed by atoms with E-state index in [0.717, 1.165) is 13.1 Å². The van der Waals surface area contributed by atoms with Gasteiger partial charge in [0.2, 0.25) is 0 Å². The number of benzene rings is 1. The quantitative estimate of drug-likeness (QED) is 0.846. The number of rotatable bonds is 5. The first-order valence-corrected chi connectivity index (χ1v) is 6.66. The Balaban J connectivity index is 1.98. The molecule has 1 fully saturated rings. The molecular weight excluding hydrogens is 208 g/mol. The van der Waals surface area contributed by atoms with Gasteiger partial charge in [-0.3, -0.25) is 4.90 Å². The van der Waals surface area contributed by atoms with Crippen molar-refractivity contribution in [2.24, 2.45) is 5.73 Å². The number of nitrogens with two attached hydrogens (primary N) is 1. The molecule has 0 spiro atoms. The molecule has 0 heterocycles. The molecule has 94 valence electrons. The van der Waals surface area contributed by atoms with Crippen LogP contribution in [0.4, 0.5) is 0 Å². The summed E-state index contributed by atoms with van der Waals surface area (Å²) in [6, 6.07) is 11.2. The monoisotopic (exact) mass is 232 g/mol. The largest absolute Gasteiger partial charge is 0.324 e. The topological polar surface area (TPSA) is 29.3 Å². The molecule has 0 aliphatic heterocycles. The van der Waals surface area contributed by atoms with Gasteiger partial charge in [-0.25, -0.2) is 0 Å². The van der Waals surface area contributed by atoms with Gasteiger partial charge in [0, 0.05) is 24.7 Å². The number of hydrogen-bond acceptors (Lipinski definition) is 2. The van der Waals surface area contributed by atoms with Gasteiger partial charge in [-0.1, -0.05) is 30.3 Å². The Morgan fingerprint density at radius 3 is 2.35 bits per heavy atom. The van der Waals surface area contributed by atoms with Crippen LogP contribution in [0.1, 0.15) is 38.7 Å². The molecular formula is C15H24N2. The minimum Gasteiger partial charge on any atom is -0.324 e. The van der Waals surface area contributed by atoms with Crippen molar-refractivity contribution in [2.45, 2.75) is 51.2 Å². The van der Waals surface area contributed by atoms with E-state index in [1.54, 1.807) is 0 Å². The molecule has 2 heteroatoms. The Morgan fingerprint density at radius 1 is 1.24 bits per heavy atom. The van der Waals surface area contributed by atoms with Gasteiger partial charge in [0.05, 0.1) is 0 Å². The third-order valence-corrected chi connectivity index (χ3v) is 3.83. The van der Waals surface area contributed by atoms with E-state index in [0.29, 0.717) is 6.04 Å². The fraction of sp³-hybridized carbons (Fsp3) is 0.600. The lowest BCUT2D eigenvalue weighted by molar-refractivity contribution is 0.114. The lowest BCUT2D eigenvalue weighted by Crippen LogP contribution is -2.56. The first-order valence-electron chi connectivity index (χ1n) is 6.66.